The van der Waals surface area contributed by atoms with Crippen LogP contribution in [-0.4, -0.2) is 40.2 Å². The van der Waals surface area contributed by atoms with Gasteiger partial charge in [-0.3, -0.25) is 14.5 Å². The van der Waals surface area contributed by atoms with Gasteiger partial charge in [-0.05, 0) is 49.3 Å². The highest BCUT2D eigenvalue weighted by Gasteiger charge is 2.53. The molecule has 5 rings (SSSR count). The van der Waals surface area contributed by atoms with Crippen LogP contribution < -0.4 is 9.64 Å². The van der Waals surface area contributed by atoms with Crippen LogP contribution in [0.15, 0.2) is 29.5 Å². The van der Waals surface area contributed by atoms with E-state index in [0.717, 1.165) is 37.1 Å². The van der Waals surface area contributed by atoms with Crippen molar-refractivity contribution < 1.29 is 24.2 Å². The van der Waals surface area contributed by atoms with E-state index in [1.54, 1.807) is 12.1 Å². The molecule has 1 saturated carbocycles. The fraction of sp³-hybridized carbons (Fsp3) is 0.500. The number of phenolic OH excluding ortho intramolecular Hbond substituents is 1. The fourth-order valence-corrected chi connectivity index (χ4v) is 6.08. The van der Waals surface area contributed by atoms with Crippen molar-refractivity contribution in [3.05, 3.63) is 40.1 Å². The number of carbonyl (C=O) groups is 2. The van der Waals surface area contributed by atoms with E-state index in [-0.39, 0.29) is 41.0 Å². The van der Waals surface area contributed by atoms with Crippen molar-refractivity contribution in [3.63, 3.8) is 0 Å². The lowest BCUT2D eigenvalue weighted by Crippen LogP contribution is -2.41. The monoisotopic (exact) mass is 469 g/mol. The average molecular weight is 470 g/mol. The highest BCUT2D eigenvalue weighted by atomic mass is 32.1. The first-order valence-electron chi connectivity index (χ1n) is 11.4. The Kier molecular flexibility index (Phi) is 5.60. The maximum Gasteiger partial charge on any atom is 0.296 e. The largest absolute Gasteiger partial charge is 0.504 e. The van der Waals surface area contributed by atoms with Gasteiger partial charge in [-0.15, -0.1) is 10.2 Å². The Morgan fingerprint density at radius 2 is 2.09 bits per heavy atom. The van der Waals surface area contributed by atoms with Crippen molar-refractivity contribution in [2.75, 3.05) is 12.0 Å². The molecular weight excluding hydrogens is 442 g/mol. The average Bonchev–Trinajstić information content (AvgIpc) is 3.37. The Bertz CT molecular complexity index is 1140. The van der Waals surface area contributed by atoms with Gasteiger partial charge in [0.25, 0.3) is 5.91 Å². The van der Waals surface area contributed by atoms with Gasteiger partial charge in [-0.2, -0.15) is 0 Å². The number of methoxy groups -OCH3 is 1. The molecule has 8 nitrogen and oxygen atoms in total. The number of hydrogen-bond acceptors (Lipinski definition) is 8. The van der Waals surface area contributed by atoms with E-state index in [9.17, 15) is 14.7 Å². The second-order valence-corrected chi connectivity index (χ2v) is 10.1. The zero-order valence-corrected chi connectivity index (χ0v) is 19.7. The van der Waals surface area contributed by atoms with E-state index in [2.05, 4.69) is 24.0 Å². The summed E-state index contributed by atoms with van der Waals surface area (Å²) in [6, 6.07) is 4.16. The van der Waals surface area contributed by atoms with Crippen LogP contribution in [0, 0.1) is 11.8 Å². The van der Waals surface area contributed by atoms with Crippen LogP contribution >= 0.6 is 11.3 Å². The Labute approximate surface area is 196 Å². The predicted octanol–water partition coefficient (Wildman–Crippen LogP) is 3.95. The summed E-state index contributed by atoms with van der Waals surface area (Å²) in [6.07, 6.45) is 3.90. The zero-order chi connectivity index (χ0) is 23.3. The Morgan fingerprint density at radius 1 is 1.27 bits per heavy atom. The third kappa shape index (κ3) is 3.58. The minimum Gasteiger partial charge on any atom is -0.504 e. The number of aromatic hydroxyl groups is 1. The number of amides is 1. The molecule has 9 heteroatoms. The van der Waals surface area contributed by atoms with Gasteiger partial charge < -0.3 is 14.6 Å². The molecule has 0 bridgehead atoms. The number of rotatable bonds is 5. The number of benzene rings is 1. The van der Waals surface area contributed by atoms with Crippen molar-refractivity contribution in [2.45, 2.75) is 58.1 Å². The summed E-state index contributed by atoms with van der Waals surface area (Å²) in [4.78, 5) is 29.0. The molecule has 33 heavy (non-hydrogen) atoms. The van der Waals surface area contributed by atoms with Crippen molar-refractivity contribution in [1.82, 2.24) is 10.2 Å². The summed E-state index contributed by atoms with van der Waals surface area (Å²) in [5, 5.41) is 19.9. The first kappa shape index (κ1) is 21.9. The van der Waals surface area contributed by atoms with Gasteiger partial charge in [0.2, 0.25) is 5.13 Å². The summed E-state index contributed by atoms with van der Waals surface area (Å²) in [5.74, 6) is 0.157. The van der Waals surface area contributed by atoms with Crippen LogP contribution in [0.4, 0.5) is 5.13 Å². The van der Waals surface area contributed by atoms with E-state index in [0.29, 0.717) is 22.2 Å². The number of fused-ring (bicyclic) bond motifs is 1. The number of carbonyl (C=O) groups excluding carboxylic acids is 2. The Hall–Kier alpha value is -2.94. The maximum atomic E-state index is 13.8. The second-order valence-electron chi connectivity index (χ2n) is 9.03. The molecule has 1 aliphatic carbocycles. The third-order valence-corrected chi connectivity index (χ3v) is 7.74. The van der Waals surface area contributed by atoms with Crippen molar-refractivity contribution in [3.8, 4) is 11.5 Å². The number of aromatic nitrogens is 2. The number of Topliss-reactive ketones (excluding diaryl/α,β-unsaturated/α-hetero) is 1. The summed E-state index contributed by atoms with van der Waals surface area (Å²) in [6.45, 7) is 4.21. The van der Waals surface area contributed by atoms with Crippen LogP contribution in [0.1, 0.15) is 56.1 Å². The molecule has 1 N–H and O–H groups in total. The summed E-state index contributed by atoms with van der Waals surface area (Å²) < 4.78 is 11.5. The van der Waals surface area contributed by atoms with E-state index in [1.165, 1.54) is 29.4 Å². The van der Waals surface area contributed by atoms with E-state index in [1.807, 2.05) is 0 Å². The number of ketones is 1. The normalized spacial score (nSPS) is 26.8. The topological polar surface area (TPSA) is 102 Å². The van der Waals surface area contributed by atoms with Crippen molar-refractivity contribution in [1.29, 1.82) is 0 Å². The number of nitrogens with zero attached hydrogens (tertiary/aromatic N) is 3. The molecule has 4 atom stereocenters. The zero-order valence-electron chi connectivity index (χ0n) is 18.9. The summed E-state index contributed by atoms with van der Waals surface area (Å²) in [7, 11) is 1.46. The number of ether oxygens (including phenoxy) is 2. The van der Waals surface area contributed by atoms with Gasteiger partial charge in [0.05, 0.1) is 24.6 Å². The molecule has 2 aromatic rings. The number of hydrogen-bond donors (Lipinski definition) is 1. The lowest BCUT2D eigenvalue weighted by Gasteiger charge is -2.37. The lowest BCUT2D eigenvalue weighted by molar-refractivity contribution is -0.132. The van der Waals surface area contributed by atoms with E-state index >= 15 is 0 Å². The van der Waals surface area contributed by atoms with Crippen LogP contribution in [0.2, 0.25) is 0 Å². The standard InChI is InChI=1S/C24H27N3O5S/c1-4-5-18-25-26-24(33-18)27-20(13-7-8-15(28)17(11-13)31-3)19-21(29)14-10-12(2)6-9-16(14)32-22(19)23(27)30/h7-8,11-12,14,16,20,28H,4-6,9-10H2,1-3H3. The minimum atomic E-state index is -0.713. The van der Waals surface area contributed by atoms with Gasteiger partial charge >= 0.3 is 0 Å². The van der Waals surface area contributed by atoms with Crippen LogP contribution in [0.3, 0.4) is 0 Å². The highest BCUT2D eigenvalue weighted by Crippen LogP contribution is 2.50. The molecule has 1 amide bonds. The molecule has 2 aliphatic heterocycles. The number of phenols is 1. The van der Waals surface area contributed by atoms with Crippen LogP contribution in [0.5, 0.6) is 11.5 Å². The summed E-state index contributed by atoms with van der Waals surface area (Å²) >= 11 is 1.35. The molecule has 3 aliphatic rings. The molecule has 1 aromatic heterocycles. The third-order valence-electron chi connectivity index (χ3n) is 6.76. The quantitative estimate of drug-likeness (QED) is 0.707. The van der Waals surface area contributed by atoms with E-state index < -0.39 is 6.04 Å². The number of aryl methyl sites for hydroxylation is 1. The SMILES string of the molecule is CCCc1nnc(N2C(=O)C3=C(C(=O)C4CC(C)CCC4O3)C2c2ccc(O)c(OC)c2)s1. The molecule has 0 spiro atoms. The number of anilines is 1. The van der Waals surface area contributed by atoms with Gasteiger partial charge in [-0.25, -0.2) is 0 Å². The minimum absolute atomic E-state index is 0.0140. The smallest absolute Gasteiger partial charge is 0.296 e. The molecule has 3 heterocycles. The predicted molar refractivity (Wildman–Crippen MR) is 122 cm³/mol. The van der Waals surface area contributed by atoms with Crippen molar-refractivity contribution >= 4 is 28.2 Å². The molecule has 0 saturated heterocycles. The summed E-state index contributed by atoms with van der Waals surface area (Å²) in [5.41, 5.74) is 1.02. The van der Waals surface area contributed by atoms with Crippen LogP contribution in [-0.2, 0) is 20.7 Å². The fourth-order valence-electron chi connectivity index (χ4n) is 5.11. The molecule has 4 unspecified atom stereocenters. The van der Waals surface area contributed by atoms with E-state index in [4.69, 9.17) is 9.47 Å². The molecule has 0 radical (unpaired) electrons. The first-order chi connectivity index (χ1) is 15.9. The molecule has 1 aromatic carbocycles. The van der Waals surface area contributed by atoms with Gasteiger partial charge in [0.15, 0.2) is 23.0 Å². The molecule has 1 fully saturated rings. The van der Waals surface area contributed by atoms with Crippen LogP contribution in [0.25, 0.3) is 0 Å². The lowest BCUT2D eigenvalue weighted by atomic mass is 9.74. The van der Waals surface area contributed by atoms with Gasteiger partial charge in [0, 0.05) is 6.42 Å². The molecule has 174 valence electrons. The maximum absolute atomic E-state index is 13.8. The highest BCUT2D eigenvalue weighted by molar-refractivity contribution is 7.15. The molecular formula is C24H27N3O5S. The van der Waals surface area contributed by atoms with Crippen molar-refractivity contribution in [2.24, 2.45) is 11.8 Å². The van der Waals surface area contributed by atoms with Gasteiger partial charge in [0.1, 0.15) is 11.1 Å². The van der Waals surface area contributed by atoms with Gasteiger partial charge in [-0.1, -0.05) is 31.3 Å². The Morgan fingerprint density at radius 3 is 2.85 bits per heavy atom. The Balaban J connectivity index is 1.63. The second kappa shape index (κ2) is 8.44. The first-order valence-corrected chi connectivity index (χ1v) is 12.2.